The number of ketones is 1. The van der Waals surface area contributed by atoms with Gasteiger partial charge in [0.15, 0.2) is 0 Å². The summed E-state index contributed by atoms with van der Waals surface area (Å²) in [5.41, 5.74) is 3.34. The second-order valence-corrected chi connectivity index (χ2v) is 9.58. The average Bonchev–Trinajstić information content (AvgIpc) is 2.96. The van der Waals surface area contributed by atoms with Gasteiger partial charge < -0.3 is 4.57 Å². The second kappa shape index (κ2) is 8.12. The van der Waals surface area contributed by atoms with Crippen LogP contribution in [-0.4, -0.2) is 25.0 Å². The quantitative estimate of drug-likeness (QED) is 0.532. The van der Waals surface area contributed by atoms with Crippen molar-refractivity contribution in [3.05, 3.63) is 86.9 Å². The molecule has 0 radical (unpaired) electrons. The number of halogens is 2. The molecule has 0 spiro atoms. The first-order valence-electron chi connectivity index (χ1n) is 8.77. The summed E-state index contributed by atoms with van der Waals surface area (Å²) in [6.45, 7) is 1.88. The molecule has 0 fully saturated rings. The van der Waals surface area contributed by atoms with Gasteiger partial charge in [-0.2, -0.15) is 0 Å². The van der Waals surface area contributed by atoms with Crippen LogP contribution in [0.25, 0.3) is 0 Å². The number of nitrogens with zero attached hydrogens (tertiary/aromatic N) is 1. The van der Waals surface area contributed by atoms with Crippen molar-refractivity contribution in [2.24, 2.45) is 7.05 Å². The van der Waals surface area contributed by atoms with Crippen LogP contribution in [0.3, 0.4) is 0 Å². The lowest BCUT2D eigenvalue weighted by Gasteiger charge is -2.11. The zero-order chi connectivity index (χ0) is 21.3. The van der Waals surface area contributed by atoms with Crippen LogP contribution in [0.15, 0.2) is 53.0 Å². The molecule has 0 unspecified atom stereocenters. The van der Waals surface area contributed by atoms with Crippen molar-refractivity contribution < 1.29 is 17.6 Å². The number of sulfonamides is 1. The Bertz CT molecular complexity index is 1200. The first-order valence-corrected chi connectivity index (χ1v) is 11.5. The lowest BCUT2D eigenvalue weighted by Crippen LogP contribution is -2.11. The number of carbonyl (C=O) groups excluding carboxylic acids is 1. The number of hydrogen-bond acceptors (Lipinski definition) is 3. The van der Waals surface area contributed by atoms with Crippen molar-refractivity contribution in [3.63, 3.8) is 0 Å². The highest BCUT2D eigenvalue weighted by Crippen LogP contribution is 2.23. The van der Waals surface area contributed by atoms with Crippen molar-refractivity contribution in [2.45, 2.75) is 13.3 Å². The van der Waals surface area contributed by atoms with Crippen molar-refractivity contribution in [2.75, 3.05) is 11.0 Å². The minimum absolute atomic E-state index is 0.100. The third kappa shape index (κ3) is 4.94. The topological polar surface area (TPSA) is 68.2 Å². The van der Waals surface area contributed by atoms with Gasteiger partial charge in [0.05, 0.1) is 17.6 Å². The summed E-state index contributed by atoms with van der Waals surface area (Å²) in [5, 5.41) is 0. The predicted molar refractivity (Wildman–Crippen MR) is 115 cm³/mol. The third-order valence-electron chi connectivity index (χ3n) is 4.62. The SMILES string of the molecule is Cc1cc(Br)ccc1C(=O)c1ccc(Cc2ccc(NS(C)(=O)=O)cc2F)n1C. The Labute approximate surface area is 177 Å². The summed E-state index contributed by atoms with van der Waals surface area (Å²) < 4.78 is 41.9. The van der Waals surface area contributed by atoms with E-state index in [1.807, 2.05) is 19.1 Å². The van der Waals surface area contributed by atoms with E-state index in [2.05, 4.69) is 20.7 Å². The van der Waals surface area contributed by atoms with E-state index in [-0.39, 0.29) is 17.9 Å². The Balaban J connectivity index is 1.85. The molecule has 0 aliphatic carbocycles. The van der Waals surface area contributed by atoms with E-state index in [0.29, 0.717) is 16.8 Å². The highest BCUT2D eigenvalue weighted by Gasteiger charge is 2.17. The standard InChI is InChI=1S/C21H20BrFN2O3S/c1-13-10-15(22)5-8-18(13)21(26)20-9-7-17(25(20)2)11-14-4-6-16(12-19(14)23)24-29(3,27)28/h4-10,12,24H,11H2,1-3H3. The van der Waals surface area contributed by atoms with Gasteiger partial charge in [-0.3, -0.25) is 9.52 Å². The Hall–Kier alpha value is -2.45. The van der Waals surface area contributed by atoms with E-state index in [1.165, 1.54) is 12.1 Å². The maximum atomic E-state index is 14.4. The molecule has 8 heteroatoms. The number of aromatic nitrogens is 1. The number of rotatable bonds is 6. The number of nitrogens with one attached hydrogen (secondary N) is 1. The summed E-state index contributed by atoms with van der Waals surface area (Å²) >= 11 is 3.40. The fourth-order valence-electron chi connectivity index (χ4n) is 3.14. The van der Waals surface area contributed by atoms with Gasteiger partial charge in [-0.05, 0) is 60.5 Å². The summed E-state index contributed by atoms with van der Waals surface area (Å²) in [6, 6.07) is 13.2. The number of aryl methyl sites for hydroxylation is 1. The molecule has 3 aromatic rings. The first-order chi connectivity index (χ1) is 13.5. The summed E-state index contributed by atoms with van der Waals surface area (Å²) in [5.74, 6) is -0.617. The fourth-order valence-corrected chi connectivity index (χ4v) is 4.17. The molecule has 0 amide bonds. The average molecular weight is 479 g/mol. The number of anilines is 1. The minimum Gasteiger partial charge on any atom is -0.345 e. The van der Waals surface area contributed by atoms with Crippen LogP contribution in [-0.2, 0) is 23.5 Å². The Morgan fingerprint density at radius 1 is 1.14 bits per heavy atom. The Kier molecular flexibility index (Phi) is 5.95. The lowest BCUT2D eigenvalue weighted by atomic mass is 10.0. The van der Waals surface area contributed by atoms with E-state index in [9.17, 15) is 17.6 Å². The zero-order valence-electron chi connectivity index (χ0n) is 16.2. The van der Waals surface area contributed by atoms with Gasteiger partial charge in [0.25, 0.3) is 0 Å². The van der Waals surface area contributed by atoms with Gasteiger partial charge in [-0.1, -0.05) is 22.0 Å². The van der Waals surface area contributed by atoms with Crippen LogP contribution < -0.4 is 4.72 Å². The largest absolute Gasteiger partial charge is 0.345 e. The molecule has 5 nitrogen and oxygen atoms in total. The van der Waals surface area contributed by atoms with Gasteiger partial charge >= 0.3 is 0 Å². The van der Waals surface area contributed by atoms with Crippen molar-refractivity contribution in [1.29, 1.82) is 0 Å². The summed E-state index contributed by atoms with van der Waals surface area (Å²) in [7, 11) is -1.70. The van der Waals surface area contributed by atoms with Crippen molar-refractivity contribution in [1.82, 2.24) is 4.57 Å². The van der Waals surface area contributed by atoms with Crippen LogP contribution in [0, 0.1) is 12.7 Å². The molecule has 152 valence electrons. The molecule has 0 bridgehead atoms. The maximum Gasteiger partial charge on any atom is 0.229 e. The summed E-state index contributed by atoms with van der Waals surface area (Å²) in [4.78, 5) is 12.9. The number of carbonyl (C=O) groups is 1. The molecule has 1 N–H and O–H groups in total. The van der Waals surface area contributed by atoms with Crippen LogP contribution in [0.2, 0.25) is 0 Å². The normalized spacial score (nSPS) is 11.5. The van der Waals surface area contributed by atoms with Gasteiger partial charge in [0.2, 0.25) is 15.8 Å². The second-order valence-electron chi connectivity index (χ2n) is 6.91. The van der Waals surface area contributed by atoms with Crippen molar-refractivity contribution in [3.8, 4) is 0 Å². The molecule has 0 atom stereocenters. The molecular formula is C21H20BrFN2O3S. The first kappa shape index (κ1) is 21.3. The molecule has 0 saturated heterocycles. The van der Waals surface area contributed by atoms with Crippen LogP contribution in [0.1, 0.15) is 32.9 Å². The van der Waals surface area contributed by atoms with E-state index in [0.717, 1.165) is 28.1 Å². The number of hydrogen-bond donors (Lipinski definition) is 1. The van der Waals surface area contributed by atoms with Gasteiger partial charge in [0.1, 0.15) is 5.82 Å². The van der Waals surface area contributed by atoms with Crippen LogP contribution >= 0.6 is 15.9 Å². The van der Waals surface area contributed by atoms with E-state index >= 15 is 0 Å². The van der Waals surface area contributed by atoms with Gasteiger partial charge in [-0.25, -0.2) is 12.8 Å². The Morgan fingerprint density at radius 2 is 1.86 bits per heavy atom. The number of benzene rings is 2. The van der Waals surface area contributed by atoms with Gasteiger partial charge in [0, 0.05) is 29.2 Å². The maximum absolute atomic E-state index is 14.4. The molecule has 1 aromatic heterocycles. The molecule has 29 heavy (non-hydrogen) atoms. The summed E-state index contributed by atoms with van der Waals surface area (Å²) in [6.07, 6.45) is 1.28. The van der Waals surface area contributed by atoms with E-state index < -0.39 is 15.8 Å². The minimum atomic E-state index is -3.47. The molecule has 0 saturated carbocycles. The van der Waals surface area contributed by atoms with E-state index in [4.69, 9.17) is 0 Å². The molecule has 0 aliphatic heterocycles. The molecule has 0 aliphatic rings. The van der Waals surface area contributed by atoms with Crippen LogP contribution in [0.5, 0.6) is 0 Å². The Morgan fingerprint density at radius 3 is 2.48 bits per heavy atom. The van der Waals surface area contributed by atoms with Crippen molar-refractivity contribution >= 4 is 37.4 Å². The lowest BCUT2D eigenvalue weighted by molar-refractivity contribution is 0.103. The molecule has 2 aromatic carbocycles. The molecule has 3 rings (SSSR count). The predicted octanol–water partition coefficient (Wildman–Crippen LogP) is 4.43. The molecular weight excluding hydrogens is 459 g/mol. The monoisotopic (exact) mass is 478 g/mol. The molecule has 1 heterocycles. The van der Waals surface area contributed by atoms with E-state index in [1.54, 1.807) is 29.8 Å². The van der Waals surface area contributed by atoms with Gasteiger partial charge in [-0.15, -0.1) is 0 Å². The van der Waals surface area contributed by atoms with Crippen LogP contribution in [0.4, 0.5) is 10.1 Å². The highest BCUT2D eigenvalue weighted by molar-refractivity contribution is 9.10. The highest BCUT2D eigenvalue weighted by atomic mass is 79.9. The smallest absolute Gasteiger partial charge is 0.229 e. The fraction of sp³-hybridized carbons (Fsp3) is 0.190. The zero-order valence-corrected chi connectivity index (χ0v) is 18.6. The third-order valence-corrected chi connectivity index (χ3v) is 5.72.